The molecule has 2 aliphatic rings. The number of aromatic amines is 1. The molecule has 9 heteroatoms. The van der Waals surface area contributed by atoms with E-state index in [1.165, 1.54) is 66.9 Å². The Balaban J connectivity index is 0.000000837. The average molecular weight is 709 g/mol. The van der Waals surface area contributed by atoms with Crippen LogP contribution in [0.25, 0.3) is 45.4 Å². The van der Waals surface area contributed by atoms with Gasteiger partial charge in [0, 0.05) is 46.2 Å². The molecule has 8 nitrogen and oxygen atoms in total. The molecule has 0 aliphatic carbocycles. The van der Waals surface area contributed by atoms with E-state index in [4.69, 9.17) is 29.8 Å². The second-order valence-corrected chi connectivity index (χ2v) is 11.8. The van der Waals surface area contributed by atoms with E-state index in [1.54, 1.807) is 0 Å². The summed E-state index contributed by atoms with van der Waals surface area (Å²) in [4.78, 5) is 32.2. The number of aromatic nitrogens is 4. The fourth-order valence-corrected chi connectivity index (χ4v) is 7.06. The standard InChI is InChI=1S/C36H46N4.2C2H4O2.Fe/c1-9-22-19-25-20-23-17-18-24(37-23)21-32-26(10-2)29(13-5)36(40(32)16-8)31(15-7)35-28(12-4)27(11-3)34(39-35)30(14-6)33(22)38-25;2*1-2(3)4;/h17-21,38H,9-16H2,1-8H3;2*1H3,(H,3,4);/q;;;+2/p-2. The SMILES string of the molecule is CC(=O)[O-].CC(=O)[O-].CCC1=C(CC)c2nc1c(CC)c1[nH]c(cc3nc(cc4c(CC)c(CC)c(c2CC)n4CC)C=C3)cc1CC.[Fe+2]. The average Bonchev–Trinajstić information content (AvgIpc) is 3.81. The van der Waals surface area contributed by atoms with E-state index in [0.717, 1.165) is 82.2 Å². The number of nitrogens with one attached hydrogen (secondary N) is 1. The van der Waals surface area contributed by atoms with E-state index >= 15 is 0 Å². The molecule has 8 bridgehead atoms. The molecule has 0 amide bonds. The normalized spacial score (nSPS) is 11.7. The predicted molar refractivity (Wildman–Crippen MR) is 195 cm³/mol. The van der Waals surface area contributed by atoms with Gasteiger partial charge in [0.15, 0.2) is 0 Å². The molecule has 3 aromatic rings. The smallest absolute Gasteiger partial charge is 0.550 e. The molecule has 49 heavy (non-hydrogen) atoms. The van der Waals surface area contributed by atoms with Gasteiger partial charge in [-0.3, -0.25) is 0 Å². The van der Waals surface area contributed by atoms with E-state index in [-0.39, 0.29) is 17.1 Å². The number of rotatable bonds is 8. The van der Waals surface area contributed by atoms with Gasteiger partial charge in [-0.2, -0.15) is 0 Å². The summed E-state index contributed by atoms with van der Waals surface area (Å²) in [5, 5.41) is 17.8. The van der Waals surface area contributed by atoms with Gasteiger partial charge in [-0.15, -0.1) is 0 Å². The number of aryl methyl sites for hydroxylation is 6. The van der Waals surface area contributed by atoms with E-state index in [2.05, 4.69) is 95.3 Å². The summed E-state index contributed by atoms with van der Waals surface area (Å²) in [6, 6.07) is 6.80. The zero-order chi connectivity index (χ0) is 35.7. The number of hydrogen-bond donors (Lipinski definition) is 1. The Morgan fingerprint density at radius 1 is 0.653 bits per heavy atom. The van der Waals surface area contributed by atoms with Gasteiger partial charge < -0.3 is 29.4 Å². The van der Waals surface area contributed by atoms with E-state index in [0.29, 0.717) is 0 Å². The number of aliphatic carboxylic acids is 2. The summed E-state index contributed by atoms with van der Waals surface area (Å²) in [7, 11) is 0. The summed E-state index contributed by atoms with van der Waals surface area (Å²) in [6.45, 7) is 21.2. The maximum absolute atomic E-state index is 8.89. The number of hydrogen-bond acceptors (Lipinski definition) is 6. The number of carboxylic acid groups (broad SMARTS) is 2. The van der Waals surface area contributed by atoms with E-state index in [9.17, 15) is 0 Å². The van der Waals surface area contributed by atoms with Gasteiger partial charge in [0.05, 0.1) is 28.3 Å². The first kappa shape index (κ1) is 41.2. The van der Waals surface area contributed by atoms with Crippen LogP contribution < -0.4 is 10.2 Å². The first-order valence-corrected chi connectivity index (χ1v) is 17.5. The largest absolute Gasteiger partial charge is 2.00 e. The summed E-state index contributed by atoms with van der Waals surface area (Å²) in [5.74, 6) is -2.17. The van der Waals surface area contributed by atoms with Crippen LogP contribution in [-0.4, -0.2) is 31.5 Å². The number of carbonyl (C=O) groups is 2. The van der Waals surface area contributed by atoms with Gasteiger partial charge in [-0.05, 0) is 124 Å². The molecule has 264 valence electrons. The molecule has 5 heterocycles. The van der Waals surface area contributed by atoms with Gasteiger partial charge in [0.1, 0.15) is 0 Å². The summed E-state index contributed by atoms with van der Waals surface area (Å²) in [6.07, 6.45) is 11.2. The van der Waals surface area contributed by atoms with E-state index < -0.39 is 11.9 Å². The quantitative estimate of drug-likeness (QED) is 0.196. The number of allylic oxidation sites excluding steroid dienone is 2. The molecule has 3 aromatic heterocycles. The number of nitrogens with zero attached hydrogens (tertiary/aromatic N) is 3. The predicted octanol–water partition coefficient (Wildman–Crippen LogP) is 7.03. The van der Waals surface area contributed by atoms with Crippen LogP contribution in [0.1, 0.15) is 133 Å². The van der Waals surface area contributed by atoms with Gasteiger partial charge >= 0.3 is 17.1 Å². The first-order chi connectivity index (χ1) is 22.9. The molecule has 0 saturated carbocycles. The maximum Gasteiger partial charge on any atom is 2.00 e. The Hall–Kier alpha value is -3.94. The summed E-state index contributed by atoms with van der Waals surface area (Å²) < 4.78 is 2.55. The number of H-pyrrole nitrogens is 1. The van der Waals surface area contributed by atoms with Crippen LogP contribution >= 0.6 is 0 Å². The number of fused-ring (bicyclic) bond motifs is 8. The fraction of sp³-hybridized carbons (Fsp3) is 0.450. The minimum Gasteiger partial charge on any atom is -0.550 e. The van der Waals surface area contributed by atoms with Crippen molar-refractivity contribution in [1.82, 2.24) is 19.5 Å². The molecular weight excluding hydrogens is 656 g/mol. The third-order valence-electron chi connectivity index (χ3n) is 8.85. The van der Waals surface area contributed by atoms with Crippen LogP contribution in [0.4, 0.5) is 0 Å². The Morgan fingerprint density at radius 2 is 1.14 bits per heavy atom. The molecular formula is C40H52FeN4O4. The molecule has 1 N–H and O–H groups in total. The molecule has 0 fully saturated rings. The molecule has 0 atom stereocenters. The number of carbonyl (C=O) groups excluding carboxylic acids is 2. The molecule has 0 unspecified atom stereocenters. The van der Waals surface area contributed by atoms with Crippen molar-refractivity contribution in [1.29, 1.82) is 0 Å². The second kappa shape index (κ2) is 18.7. The van der Waals surface area contributed by atoms with Crippen LogP contribution in [0.5, 0.6) is 0 Å². The van der Waals surface area contributed by atoms with Crippen molar-refractivity contribution in [2.24, 2.45) is 0 Å². The molecule has 0 radical (unpaired) electrons. The molecule has 2 aliphatic heterocycles. The second-order valence-electron chi connectivity index (χ2n) is 11.8. The fourth-order valence-electron chi connectivity index (χ4n) is 7.06. The Morgan fingerprint density at radius 3 is 1.59 bits per heavy atom. The van der Waals surface area contributed by atoms with Crippen molar-refractivity contribution < 1.29 is 36.9 Å². The van der Waals surface area contributed by atoms with Gasteiger partial charge in [0.2, 0.25) is 0 Å². The molecule has 0 aromatic carbocycles. The molecule has 5 rings (SSSR count). The minimum atomic E-state index is -1.08. The zero-order valence-electron chi connectivity index (χ0n) is 30.9. The van der Waals surface area contributed by atoms with Crippen molar-refractivity contribution in [3.63, 3.8) is 0 Å². The van der Waals surface area contributed by atoms with Crippen molar-refractivity contribution >= 4 is 57.3 Å². The monoisotopic (exact) mass is 708 g/mol. The van der Waals surface area contributed by atoms with Crippen LogP contribution in [0.2, 0.25) is 0 Å². The van der Waals surface area contributed by atoms with Crippen molar-refractivity contribution in [2.75, 3.05) is 0 Å². The van der Waals surface area contributed by atoms with Crippen LogP contribution in [0.3, 0.4) is 0 Å². The van der Waals surface area contributed by atoms with Crippen LogP contribution in [0, 0.1) is 0 Å². The zero-order valence-corrected chi connectivity index (χ0v) is 32.0. The maximum atomic E-state index is 8.89. The van der Waals surface area contributed by atoms with E-state index in [1.807, 2.05) is 0 Å². The Labute approximate surface area is 302 Å². The van der Waals surface area contributed by atoms with Gasteiger partial charge in [0.25, 0.3) is 0 Å². The minimum absolute atomic E-state index is 0. The van der Waals surface area contributed by atoms with Crippen LogP contribution in [-0.2, 0) is 65.3 Å². The third kappa shape index (κ3) is 9.00. The molecule has 0 saturated heterocycles. The van der Waals surface area contributed by atoms with Crippen molar-refractivity contribution in [3.8, 4) is 0 Å². The van der Waals surface area contributed by atoms with Gasteiger partial charge in [-0.25, -0.2) is 9.97 Å². The molecule has 0 spiro atoms. The van der Waals surface area contributed by atoms with Gasteiger partial charge in [-0.1, -0.05) is 48.5 Å². The first-order valence-electron chi connectivity index (χ1n) is 17.5. The summed E-state index contributed by atoms with van der Waals surface area (Å²) >= 11 is 0. The Bertz CT molecular complexity index is 1880. The summed E-state index contributed by atoms with van der Waals surface area (Å²) in [5.41, 5.74) is 19.3. The third-order valence-corrected chi connectivity index (χ3v) is 8.85. The Kier molecular flexibility index (Phi) is 15.8. The topological polar surface area (TPSA) is 127 Å². The van der Waals surface area contributed by atoms with Crippen molar-refractivity contribution in [3.05, 3.63) is 68.8 Å². The van der Waals surface area contributed by atoms with Crippen LogP contribution in [0.15, 0.2) is 18.2 Å². The number of carboxylic acids is 2. The van der Waals surface area contributed by atoms with Crippen molar-refractivity contribution in [2.45, 2.75) is 121 Å².